The van der Waals surface area contributed by atoms with Crippen LogP contribution in [0.2, 0.25) is 0 Å². The van der Waals surface area contributed by atoms with Crippen LogP contribution >= 0.6 is 11.8 Å². The van der Waals surface area contributed by atoms with Gasteiger partial charge in [0.05, 0.1) is 11.7 Å². The molecule has 0 saturated heterocycles. The van der Waals surface area contributed by atoms with Gasteiger partial charge in [-0.25, -0.2) is 0 Å². The number of aliphatic hydroxyl groups excluding tert-OH is 2. The molecular formula is C14H17F3O3S. The molecular weight excluding hydrogens is 305 g/mol. The van der Waals surface area contributed by atoms with E-state index in [0.29, 0.717) is 5.75 Å². The zero-order valence-electron chi connectivity index (χ0n) is 11.6. The van der Waals surface area contributed by atoms with Crippen molar-refractivity contribution in [2.45, 2.75) is 38.7 Å². The Morgan fingerprint density at radius 3 is 2.48 bits per heavy atom. The maximum absolute atomic E-state index is 12.8. The summed E-state index contributed by atoms with van der Waals surface area (Å²) in [5, 5.41) is 19.7. The summed E-state index contributed by atoms with van der Waals surface area (Å²) >= 11 is 0.994. The van der Waals surface area contributed by atoms with E-state index in [2.05, 4.69) is 0 Å². The van der Waals surface area contributed by atoms with Crippen molar-refractivity contribution in [3.63, 3.8) is 0 Å². The van der Waals surface area contributed by atoms with E-state index >= 15 is 0 Å². The van der Waals surface area contributed by atoms with Gasteiger partial charge in [-0.15, -0.1) is 0 Å². The van der Waals surface area contributed by atoms with E-state index in [1.165, 1.54) is 26.0 Å². The molecule has 0 aliphatic rings. The summed E-state index contributed by atoms with van der Waals surface area (Å²) in [7, 11) is 0. The van der Waals surface area contributed by atoms with E-state index < -0.39 is 23.9 Å². The van der Waals surface area contributed by atoms with Crippen molar-refractivity contribution in [2.75, 3.05) is 5.75 Å². The predicted octanol–water partition coefficient (Wildman–Crippen LogP) is 3.08. The number of alkyl halides is 3. The lowest BCUT2D eigenvalue weighted by molar-refractivity contribution is -0.138. The van der Waals surface area contributed by atoms with Crippen molar-refractivity contribution in [1.82, 2.24) is 0 Å². The van der Waals surface area contributed by atoms with Crippen molar-refractivity contribution in [2.24, 2.45) is 0 Å². The number of benzene rings is 1. The molecule has 2 unspecified atom stereocenters. The van der Waals surface area contributed by atoms with Crippen molar-refractivity contribution < 1.29 is 28.2 Å². The van der Waals surface area contributed by atoms with Crippen molar-refractivity contribution in [3.8, 4) is 0 Å². The smallest absolute Gasteiger partial charge is 0.390 e. The number of rotatable bonds is 5. The van der Waals surface area contributed by atoms with Gasteiger partial charge < -0.3 is 10.2 Å². The van der Waals surface area contributed by atoms with Gasteiger partial charge in [-0.05, 0) is 30.5 Å². The van der Waals surface area contributed by atoms with E-state index in [1.807, 2.05) is 0 Å². The van der Waals surface area contributed by atoms with Crippen LogP contribution in [0.1, 0.15) is 36.1 Å². The molecule has 0 saturated carbocycles. The van der Waals surface area contributed by atoms with E-state index in [4.69, 9.17) is 0 Å². The van der Waals surface area contributed by atoms with Crippen LogP contribution in [-0.2, 0) is 11.0 Å². The minimum atomic E-state index is -4.50. The number of aliphatic hydroxyl groups is 2. The van der Waals surface area contributed by atoms with Crippen molar-refractivity contribution >= 4 is 16.9 Å². The number of hydrogen-bond acceptors (Lipinski definition) is 4. The minimum Gasteiger partial charge on any atom is -0.390 e. The number of carbonyl (C=O) groups excluding carboxylic acids is 1. The molecule has 0 spiro atoms. The largest absolute Gasteiger partial charge is 0.416 e. The molecule has 2 atom stereocenters. The molecule has 3 nitrogen and oxygen atoms in total. The van der Waals surface area contributed by atoms with Gasteiger partial charge in [0.25, 0.3) is 0 Å². The Hall–Kier alpha value is -1.05. The average Bonchev–Trinajstić information content (AvgIpc) is 2.36. The summed E-state index contributed by atoms with van der Waals surface area (Å²) in [6, 6.07) is 3.49. The van der Waals surface area contributed by atoms with Gasteiger partial charge in [0, 0.05) is 12.7 Å². The van der Waals surface area contributed by atoms with Gasteiger partial charge in [0.2, 0.25) is 0 Å². The van der Waals surface area contributed by atoms with E-state index in [-0.39, 0.29) is 22.7 Å². The molecule has 7 heteroatoms. The highest BCUT2D eigenvalue weighted by atomic mass is 32.2. The molecule has 0 bridgehead atoms. The molecule has 0 heterocycles. The van der Waals surface area contributed by atoms with Gasteiger partial charge in [0.15, 0.2) is 5.12 Å². The fourth-order valence-electron chi connectivity index (χ4n) is 1.97. The summed E-state index contributed by atoms with van der Waals surface area (Å²) in [6.45, 7) is 2.64. The lowest BCUT2D eigenvalue weighted by Gasteiger charge is -2.21. The average molecular weight is 322 g/mol. The highest BCUT2D eigenvalue weighted by Gasteiger charge is 2.34. The monoisotopic (exact) mass is 322 g/mol. The lowest BCUT2D eigenvalue weighted by atomic mass is 9.94. The number of thioether (sulfide) groups is 1. The topological polar surface area (TPSA) is 57.5 Å². The van der Waals surface area contributed by atoms with Gasteiger partial charge >= 0.3 is 6.18 Å². The van der Waals surface area contributed by atoms with Crippen LogP contribution in [0.4, 0.5) is 13.2 Å². The Balaban J connectivity index is 2.87. The first kappa shape index (κ1) is 18.0. The van der Waals surface area contributed by atoms with Gasteiger partial charge in [-0.1, -0.05) is 23.9 Å². The van der Waals surface area contributed by atoms with Crippen molar-refractivity contribution in [1.29, 1.82) is 0 Å². The number of carbonyl (C=O) groups is 1. The third-order valence-electron chi connectivity index (χ3n) is 3.08. The summed E-state index contributed by atoms with van der Waals surface area (Å²) in [5.74, 6) is 0.297. The zero-order valence-corrected chi connectivity index (χ0v) is 12.5. The molecule has 0 fully saturated rings. The molecule has 118 valence electrons. The molecule has 1 rings (SSSR count). The summed E-state index contributed by atoms with van der Waals surface area (Å²) in [4.78, 5) is 10.8. The van der Waals surface area contributed by atoms with Crippen LogP contribution in [-0.4, -0.2) is 27.2 Å². The lowest BCUT2D eigenvalue weighted by Crippen LogP contribution is -2.21. The Kier molecular flexibility index (Phi) is 6.24. The quantitative estimate of drug-likeness (QED) is 0.875. The maximum atomic E-state index is 12.8. The fraction of sp³-hybridized carbons (Fsp3) is 0.500. The molecule has 21 heavy (non-hydrogen) atoms. The Labute approximate surface area is 125 Å². The first-order valence-corrected chi connectivity index (χ1v) is 7.29. The van der Waals surface area contributed by atoms with Gasteiger partial charge in [-0.2, -0.15) is 13.2 Å². The van der Waals surface area contributed by atoms with Crippen LogP contribution in [0.3, 0.4) is 0 Å². The summed E-state index contributed by atoms with van der Waals surface area (Å²) < 4.78 is 38.4. The second kappa shape index (κ2) is 7.29. The van der Waals surface area contributed by atoms with Crippen LogP contribution < -0.4 is 0 Å². The van der Waals surface area contributed by atoms with E-state index in [9.17, 15) is 28.2 Å². The third kappa shape index (κ3) is 5.01. The molecule has 2 N–H and O–H groups in total. The highest BCUT2D eigenvalue weighted by molar-refractivity contribution is 8.13. The van der Waals surface area contributed by atoms with E-state index in [0.717, 1.165) is 17.8 Å². The predicted molar refractivity (Wildman–Crippen MR) is 74.9 cm³/mol. The van der Waals surface area contributed by atoms with E-state index in [1.54, 1.807) is 0 Å². The van der Waals surface area contributed by atoms with Crippen LogP contribution in [0.5, 0.6) is 0 Å². The number of hydrogen-bond donors (Lipinski definition) is 2. The second-order valence-corrected chi connectivity index (χ2v) is 5.93. The molecule has 1 aromatic carbocycles. The fourth-order valence-corrected chi connectivity index (χ4v) is 2.62. The van der Waals surface area contributed by atoms with Crippen molar-refractivity contribution in [3.05, 3.63) is 34.9 Å². The Morgan fingerprint density at radius 1 is 1.33 bits per heavy atom. The summed E-state index contributed by atoms with van der Waals surface area (Å²) in [6.07, 6.45) is -7.03. The maximum Gasteiger partial charge on any atom is 0.416 e. The first-order valence-electron chi connectivity index (χ1n) is 6.30. The zero-order chi connectivity index (χ0) is 16.2. The Morgan fingerprint density at radius 2 is 1.95 bits per heavy atom. The third-order valence-corrected chi connectivity index (χ3v) is 3.93. The van der Waals surface area contributed by atoms with Crippen LogP contribution in [0, 0.1) is 6.92 Å². The van der Waals surface area contributed by atoms with Crippen LogP contribution in [0.25, 0.3) is 0 Å². The number of halogens is 3. The summed E-state index contributed by atoms with van der Waals surface area (Å²) in [5.41, 5.74) is -0.884. The normalized spacial score (nSPS) is 14.8. The van der Waals surface area contributed by atoms with Gasteiger partial charge in [0.1, 0.15) is 6.10 Å². The van der Waals surface area contributed by atoms with Gasteiger partial charge in [-0.3, -0.25) is 4.79 Å². The molecule has 0 amide bonds. The molecule has 0 radical (unpaired) electrons. The van der Waals surface area contributed by atoms with Crippen LogP contribution in [0.15, 0.2) is 18.2 Å². The standard InChI is InChI=1S/C14H17F3O3S/c1-8-10(4-3-5-11(8)14(15,16)17)13(20)12(19)6-7-21-9(2)18/h3-5,12-13,19-20H,6-7H2,1-2H3. The molecule has 0 aliphatic carbocycles. The second-order valence-electron chi connectivity index (χ2n) is 4.66. The Bertz CT molecular complexity index is 503. The highest BCUT2D eigenvalue weighted by Crippen LogP contribution is 2.35. The molecule has 0 aliphatic heterocycles. The molecule has 0 aromatic heterocycles. The minimum absolute atomic E-state index is 0.0464. The SMILES string of the molecule is CC(=O)SCCC(O)C(O)c1cccc(C(F)(F)F)c1C. The molecule has 1 aromatic rings. The first-order chi connectivity index (χ1) is 9.64.